The van der Waals surface area contributed by atoms with Crippen molar-refractivity contribution in [3.05, 3.63) is 106 Å². The molecule has 0 unspecified atom stereocenters. The van der Waals surface area contributed by atoms with Crippen LogP contribution in [-0.2, 0) is 26.0 Å². The Morgan fingerprint density at radius 2 is 1.53 bits per heavy atom. The first-order chi connectivity index (χ1) is 16.3. The lowest BCUT2D eigenvalue weighted by molar-refractivity contribution is -0.384. The minimum absolute atomic E-state index is 0.260. The summed E-state index contributed by atoms with van der Waals surface area (Å²) >= 11 is 0. The molecule has 0 radical (unpaired) electrons. The number of sulfonamides is 1. The summed E-state index contributed by atoms with van der Waals surface area (Å²) in [6.45, 7) is -0.316. The number of nitro groups is 1. The summed E-state index contributed by atoms with van der Waals surface area (Å²) in [5.41, 5.74) is 0.870. The molecular weight excluding hydrogens is 460 g/mol. The molecule has 1 amide bonds. The van der Waals surface area contributed by atoms with Gasteiger partial charge in [0.25, 0.3) is 15.7 Å². The van der Waals surface area contributed by atoms with Gasteiger partial charge < -0.3 is 4.74 Å². The molecule has 0 aromatic heterocycles. The lowest BCUT2D eigenvalue weighted by Crippen LogP contribution is -2.65. The summed E-state index contributed by atoms with van der Waals surface area (Å²) in [5, 5.41) is 10.9. The molecule has 34 heavy (non-hydrogen) atoms. The van der Waals surface area contributed by atoms with Gasteiger partial charge in [0.2, 0.25) is 5.91 Å². The fourth-order valence-electron chi connectivity index (χ4n) is 3.82. The fourth-order valence-corrected chi connectivity index (χ4v) is 5.46. The number of amides is 1. The molecule has 1 fully saturated rings. The maximum absolute atomic E-state index is 13.2. The lowest BCUT2D eigenvalue weighted by atomic mass is 9.85. The van der Waals surface area contributed by atoms with Crippen LogP contribution in [0.5, 0.6) is 0 Å². The second-order valence-electron chi connectivity index (χ2n) is 7.72. The fraction of sp³-hybridized carbons (Fsp3) is 0.167. The number of ether oxygens (including phenoxy) is 1. The van der Waals surface area contributed by atoms with E-state index in [2.05, 4.69) is 0 Å². The second kappa shape index (κ2) is 9.44. The topological polar surface area (TPSA) is 124 Å². The monoisotopic (exact) mass is 480 g/mol. The standard InChI is InChI=1S/C24H20N2O7S/c27-23-21(15-17-7-3-1-4-8-17)22(16-33-24(28)18-9-5-2-6-10-18)25(23)34(31,32)20-13-11-19(12-14-20)26(29)30/h1-14,21-22H,15-16H2/t21-,22+/m0/s1. The minimum Gasteiger partial charge on any atom is -0.460 e. The number of hydrogen-bond donors (Lipinski definition) is 0. The van der Waals surface area contributed by atoms with Crippen LogP contribution in [-0.4, -0.2) is 42.2 Å². The van der Waals surface area contributed by atoms with Crippen molar-refractivity contribution in [2.24, 2.45) is 5.92 Å². The van der Waals surface area contributed by atoms with Gasteiger partial charge in [-0.1, -0.05) is 48.5 Å². The van der Waals surface area contributed by atoms with E-state index in [1.165, 1.54) is 0 Å². The van der Waals surface area contributed by atoms with E-state index in [9.17, 15) is 28.1 Å². The first kappa shape index (κ1) is 23.1. The normalized spacial score (nSPS) is 17.6. The van der Waals surface area contributed by atoms with E-state index in [4.69, 9.17) is 4.74 Å². The highest BCUT2D eigenvalue weighted by atomic mass is 32.2. The summed E-state index contributed by atoms with van der Waals surface area (Å²) in [7, 11) is -4.31. The molecular formula is C24H20N2O7S. The van der Waals surface area contributed by atoms with Crippen LogP contribution in [0.25, 0.3) is 0 Å². The van der Waals surface area contributed by atoms with Crippen LogP contribution < -0.4 is 0 Å². The molecule has 0 saturated carbocycles. The van der Waals surface area contributed by atoms with Crippen molar-refractivity contribution in [2.75, 3.05) is 6.61 Å². The molecule has 3 aromatic rings. The van der Waals surface area contributed by atoms with Gasteiger partial charge in [0.15, 0.2) is 0 Å². The highest BCUT2D eigenvalue weighted by Crippen LogP contribution is 2.36. The van der Waals surface area contributed by atoms with Gasteiger partial charge in [0.05, 0.1) is 27.3 Å². The van der Waals surface area contributed by atoms with Crippen molar-refractivity contribution < 1.29 is 27.7 Å². The molecule has 0 spiro atoms. The average molecular weight is 480 g/mol. The van der Waals surface area contributed by atoms with Crippen molar-refractivity contribution in [3.8, 4) is 0 Å². The van der Waals surface area contributed by atoms with Gasteiger partial charge in [-0.25, -0.2) is 17.5 Å². The van der Waals surface area contributed by atoms with Crippen LogP contribution in [0.15, 0.2) is 89.8 Å². The Morgan fingerprint density at radius 1 is 0.941 bits per heavy atom. The van der Waals surface area contributed by atoms with Gasteiger partial charge in [-0.15, -0.1) is 0 Å². The number of β-lactam (4-membered cyclic amide) rings is 1. The zero-order valence-electron chi connectivity index (χ0n) is 17.8. The van der Waals surface area contributed by atoms with Crippen LogP contribution >= 0.6 is 0 Å². The van der Waals surface area contributed by atoms with Gasteiger partial charge in [-0.05, 0) is 36.2 Å². The van der Waals surface area contributed by atoms with Crippen molar-refractivity contribution in [1.29, 1.82) is 0 Å². The Morgan fingerprint density at radius 3 is 2.12 bits per heavy atom. The van der Waals surface area contributed by atoms with E-state index < -0.39 is 38.8 Å². The molecule has 0 N–H and O–H groups in total. The Labute approximate surface area is 195 Å². The van der Waals surface area contributed by atoms with Crippen LogP contribution in [0.1, 0.15) is 15.9 Å². The third kappa shape index (κ3) is 4.53. The van der Waals surface area contributed by atoms with E-state index in [0.29, 0.717) is 9.87 Å². The second-order valence-corrected chi connectivity index (χ2v) is 9.53. The number of carbonyl (C=O) groups is 2. The molecule has 9 nitrogen and oxygen atoms in total. The van der Waals surface area contributed by atoms with Crippen molar-refractivity contribution in [3.63, 3.8) is 0 Å². The molecule has 0 aliphatic carbocycles. The van der Waals surface area contributed by atoms with Crippen LogP contribution in [0, 0.1) is 16.0 Å². The molecule has 4 rings (SSSR count). The number of non-ortho nitro benzene ring substituents is 1. The molecule has 1 saturated heterocycles. The quantitative estimate of drug-likeness (QED) is 0.210. The predicted molar refractivity (Wildman–Crippen MR) is 121 cm³/mol. The van der Waals surface area contributed by atoms with E-state index in [1.54, 1.807) is 30.3 Å². The number of hydrogen-bond acceptors (Lipinski definition) is 7. The first-order valence-electron chi connectivity index (χ1n) is 10.4. The minimum atomic E-state index is -4.31. The van der Waals surface area contributed by atoms with Gasteiger partial charge in [-0.3, -0.25) is 14.9 Å². The Balaban J connectivity index is 1.59. The van der Waals surface area contributed by atoms with E-state index in [-0.39, 0.29) is 23.6 Å². The Kier molecular flexibility index (Phi) is 6.42. The highest BCUT2D eigenvalue weighted by molar-refractivity contribution is 7.89. The molecule has 10 heteroatoms. The average Bonchev–Trinajstić information content (AvgIpc) is 2.85. The maximum atomic E-state index is 13.2. The molecule has 1 aliphatic heterocycles. The number of rotatable bonds is 8. The van der Waals surface area contributed by atoms with E-state index >= 15 is 0 Å². The largest absolute Gasteiger partial charge is 0.460 e. The van der Waals surface area contributed by atoms with E-state index in [1.807, 2.05) is 30.3 Å². The summed E-state index contributed by atoms with van der Waals surface area (Å²) < 4.78 is 32.5. The molecule has 2 atom stereocenters. The number of benzene rings is 3. The summed E-state index contributed by atoms with van der Waals surface area (Å²) in [6, 6.07) is 20.7. The third-order valence-corrected chi connectivity index (χ3v) is 7.43. The van der Waals surface area contributed by atoms with Crippen molar-refractivity contribution in [1.82, 2.24) is 4.31 Å². The summed E-state index contributed by atoms with van der Waals surface area (Å²) in [6.07, 6.45) is 0.277. The number of nitrogens with zero attached hydrogens (tertiary/aromatic N) is 2. The van der Waals surface area contributed by atoms with Crippen molar-refractivity contribution in [2.45, 2.75) is 17.4 Å². The number of esters is 1. The van der Waals surface area contributed by atoms with Crippen LogP contribution in [0.2, 0.25) is 0 Å². The smallest absolute Gasteiger partial charge is 0.338 e. The summed E-state index contributed by atoms with van der Waals surface area (Å²) in [4.78, 5) is 35.4. The SMILES string of the molecule is O=C(OC[C@@H]1[C@H](Cc2ccccc2)C(=O)N1S(=O)(=O)c1ccc([N+](=O)[O-])cc1)c1ccccc1. The molecule has 3 aromatic carbocycles. The lowest BCUT2D eigenvalue weighted by Gasteiger charge is -2.45. The van der Waals surface area contributed by atoms with Gasteiger partial charge in [-0.2, -0.15) is 0 Å². The first-order valence-corrected chi connectivity index (χ1v) is 11.8. The number of nitro benzene ring substituents is 1. The van der Waals surface area contributed by atoms with Gasteiger partial charge >= 0.3 is 5.97 Å². The molecule has 1 aliphatic rings. The maximum Gasteiger partial charge on any atom is 0.338 e. The zero-order valence-corrected chi connectivity index (χ0v) is 18.6. The van der Waals surface area contributed by atoms with Crippen molar-refractivity contribution >= 4 is 27.6 Å². The Bertz CT molecular complexity index is 1310. The molecule has 0 bridgehead atoms. The van der Waals surface area contributed by atoms with E-state index in [0.717, 1.165) is 29.8 Å². The van der Waals surface area contributed by atoms with Crippen LogP contribution in [0.3, 0.4) is 0 Å². The van der Waals surface area contributed by atoms with Crippen LogP contribution in [0.4, 0.5) is 5.69 Å². The number of carbonyl (C=O) groups excluding carboxylic acids is 2. The zero-order chi connectivity index (χ0) is 24.3. The Hall–Kier alpha value is -4.05. The molecule has 1 heterocycles. The predicted octanol–water partition coefficient (Wildman–Crippen LogP) is 3.21. The van der Waals surface area contributed by atoms with Gasteiger partial charge in [0.1, 0.15) is 6.61 Å². The summed E-state index contributed by atoms with van der Waals surface area (Å²) in [5.74, 6) is -1.96. The third-order valence-electron chi connectivity index (χ3n) is 5.60. The molecule has 174 valence electrons. The van der Waals surface area contributed by atoms with Gasteiger partial charge in [0, 0.05) is 12.1 Å². The highest BCUT2D eigenvalue weighted by Gasteiger charge is 2.54.